The molecule has 0 N–H and O–H groups in total. The molecular weight excluding hydrogens is 398 g/mol. The summed E-state index contributed by atoms with van der Waals surface area (Å²) in [6, 6.07) is 14.5. The van der Waals surface area contributed by atoms with Crippen LogP contribution < -0.4 is 4.74 Å². The van der Waals surface area contributed by atoms with Gasteiger partial charge in [-0.3, -0.25) is 0 Å². The number of hydrogen-bond acceptors (Lipinski definition) is 5. The second-order valence-electron chi connectivity index (χ2n) is 6.02. The molecule has 0 spiro atoms. The molecule has 0 atom stereocenters. The fourth-order valence-electron chi connectivity index (χ4n) is 2.64. The van der Waals surface area contributed by atoms with Crippen LogP contribution in [0.4, 0.5) is 8.78 Å². The van der Waals surface area contributed by atoms with Crippen molar-refractivity contribution in [2.45, 2.75) is 11.4 Å². The number of thiophene rings is 1. The number of thioether (sulfide) groups is 1. The monoisotopic (exact) mass is 414 g/mol. The average molecular weight is 415 g/mol. The lowest BCUT2D eigenvalue weighted by molar-refractivity contribution is 0.318. The van der Waals surface area contributed by atoms with Gasteiger partial charge in [0.25, 0.3) is 0 Å². The molecule has 0 aliphatic carbocycles. The number of hydrogen-bond donors (Lipinski definition) is 0. The Kier molecular flexibility index (Phi) is 5.83. The van der Waals surface area contributed by atoms with Crippen LogP contribution in [0.5, 0.6) is 5.75 Å². The summed E-state index contributed by atoms with van der Waals surface area (Å²) in [4.78, 5) is 9.81. The Balaban J connectivity index is 1.38. The maximum absolute atomic E-state index is 13.2. The quantitative estimate of drug-likeness (QED) is 0.205. The SMILES string of the molecule is Fc1ccc(OCCCSc2ncnc3cc(-c4ccc(F)cc4)sc23)cc1. The highest BCUT2D eigenvalue weighted by Gasteiger charge is 2.11. The molecule has 3 nitrogen and oxygen atoms in total. The summed E-state index contributed by atoms with van der Waals surface area (Å²) >= 11 is 3.27. The third-order valence-corrected chi connectivity index (χ3v) is 6.40. The van der Waals surface area contributed by atoms with Gasteiger partial charge in [-0.1, -0.05) is 12.1 Å². The summed E-state index contributed by atoms with van der Waals surface area (Å²) < 4.78 is 32.7. The van der Waals surface area contributed by atoms with Crippen LogP contribution >= 0.6 is 23.1 Å². The molecule has 0 radical (unpaired) electrons. The third-order valence-electron chi connectivity index (χ3n) is 4.02. The van der Waals surface area contributed by atoms with E-state index < -0.39 is 0 Å². The number of ether oxygens (including phenoxy) is 1. The van der Waals surface area contributed by atoms with Gasteiger partial charge >= 0.3 is 0 Å². The lowest BCUT2D eigenvalue weighted by Gasteiger charge is -2.06. The topological polar surface area (TPSA) is 35.0 Å². The van der Waals surface area contributed by atoms with Crippen LogP contribution in [0, 0.1) is 11.6 Å². The maximum atomic E-state index is 13.2. The molecule has 0 bridgehead atoms. The highest BCUT2D eigenvalue weighted by molar-refractivity contribution is 7.99. The summed E-state index contributed by atoms with van der Waals surface area (Å²) in [7, 11) is 0. The summed E-state index contributed by atoms with van der Waals surface area (Å²) in [6.45, 7) is 0.554. The summed E-state index contributed by atoms with van der Waals surface area (Å²) in [5.41, 5.74) is 1.86. The minimum absolute atomic E-state index is 0.247. The van der Waals surface area contributed by atoms with E-state index in [1.807, 2.05) is 6.07 Å². The molecule has 2 aromatic carbocycles. The normalized spacial score (nSPS) is 11.1. The van der Waals surface area contributed by atoms with E-state index in [1.165, 1.54) is 24.3 Å². The standard InChI is InChI=1S/C21H16F2N2OS2/c22-15-4-2-14(3-5-15)19-12-18-20(28-19)21(25-13-24-18)27-11-1-10-26-17-8-6-16(23)7-9-17/h2-9,12-13H,1,10-11H2. The van der Waals surface area contributed by atoms with Gasteiger partial charge in [0.2, 0.25) is 0 Å². The van der Waals surface area contributed by atoms with Crippen molar-refractivity contribution in [1.82, 2.24) is 9.97 Å². The highest BCUT2D eigenvalue weighted by Crippen LogP contribution is 2.37. The maximum Gasteiger partial charge on any atom is 0.123 e. The fourth-order valence-corrected chi connectivity index (χ4v) is 4.76. The zero-order valence-electron chi connectivity index (χ0n) is 14.8. The predicted molar refractivity (Wildman–Crippen MR) is 110 cm³/mol. The molecule has 0 aliphatic rings. The van der Waals surface area contributed by atoms with Crippen molar-refractivity contribution in [2.24, 2.45) is 0 Å². The first-order valence-electron chi connectivity index (χ1n) is 8.71. The zero-order valence-corrected chi connectivity index (χ0v) is 16.4. The van der Waals surface area contributed by atoms with Crippen LogP contribution in [0.2, 0.25) is 0 Å². The third kappa shape index (κ3) is 4.48. The van der Waals surface area contributed by atoms with Gasteiger partial charge in [0.1, 0.15) is 28.7 Å². The average Bonchev–Trinajstić information content (AvgIpc) is 3.15. The highest BCUT2D eigenvalue weighted by atomic mass is 32.2. The summed E-state index contributed by atoms with van der Waals surface area (Å²) in [5.74, 6) is 0.991. The molecule has 2 aromatic heterocycles. The van der Waals surface area contributed by atoms with Crippen LogP contribution in [0.15, 0.2) is 66.0 Å². The Hall–Kier alpha value is -2.51. The first kappa shape index (κ1) is 18.8. The molecule has 0 aliphatic heterocycles. The van der Waals surface area contributed by atoms with Crippen molar-refractivity contribution >= 4 is 33.3 Å². The van der Waals surface area contributed by atoms with Gasteiger partial charge in [-0.25, -0.2) is 18.7 Å². The number of benzene rings is 2. The van der Waals surface area contributed by atoms with Gasteiger partial charge in [0, 0.05) is 10.6 Å². The van der Waals surface area contributed by atoms with Crippen LogP contribution in [-0.2, 0) is 0 Å². The zero-order chi connectivity index (χ0) is 19.3. The minimum atomic E-state index is -0.272. The molecule has 4 rings (SSSR count). The van der Waals surface area contributed by atoms with E-state index in [4.69, 9.17) is 4.74 Å². The van der Waals surface area contributed by atoms with Crippen molar-refractivity contribution in [1.29, 1.82) is 0 Å². The molecule has 2 heterocycles. The van der Waals surface area contributed by atoms with Crippen LogP contribution in [0.3, 0.4) is 0 Å². The van der Waals surface area contributed by atoms with E-state index in [9.17, 15) is 8.78 Å². The van der Waals surface area contributed by atoms with E-state index in [0.717, 1.165) is 37.9 Å². The number of halogens is 2. The lowest BCUT2D eigenvalue weighted by atomic mass is 10.2. The van der Waals surface area contributed by atoms with Crippen LogP contribution in [0.25, 0.3) is 20.7 Å². The van der Waals surface area contributed by atoms with Crippen molar-refractivity contribution in [3.8, 4) is 16.2 Å². The fraction of sp³-hybridized carbons (Fsp3) is 0.143. The van der Waals surface area contributed by atoms with Gasteiger partial charge in [0.15, 0.2) is 0 Å². The van der Waals surface area contributed by atoms with E-state index in [0.29, 0.717) is 12.4 Å². The summed E-state index contributed by atoms with van der Waals surface area (Å²) in [6.07, 6.45) is 2.41. The van der Waals surface area contributed by atoms with E-state index in [-0.39, 0.29) is 11.6 Å². The van der Waals surface area contributed by atoms with E-state index in [2.05, 4.69) is 9.97 Å². The van der Waals surface area contributed by atoms with Gasteiger partial charge in [-0.2, -0.15) is 0 Å². The Morgan fingerprint density at radius 3 is 2.39 bits per heavy atom. The Bertz CT molecular complexity index is 1070. The van der Waals surface area contributed by atoms with Crippen molar-refractivity contribution in [3.05, 3.63) is 72.6 Å². The lowest BCUT2D eigenvalue weighted by Crippen LogP contribution is -1.99. The number of aromatic nitrogens is 2. The number of fused-ring (bicyclic) bond motifs is 1. The first-order chi connectivity index (χ1) is 13.7. The smallest absolute Gasteiger partial charge is 0.123 e. The minimum Gasteiger partial charge on any atom is -0.494 e. The van der Waals surface area contributed by atoms with Crippen molar-refractivity contribution in [3.63, 3.8) is 0 Å². The van der Waals surface area contributed by atoms with Crippen LogP contribution in [0.1, 0.15) is 6.42 Å². The summed E-state index contributed by atoms with van der Waals surface area (Å²) in [5, 5.41) is 0.935. The van der Waals surface area contributed by atoms with Gasteiger partial charge < -0.3 is 4.74 Å². The molecule has 0 saturated carbocycles. The van der Waals surface area contributed by atoms with Crippen molar-refractivity contribution < 1.29 is 13.5 Å². The second-order valence-corrected chi connectivity index (χ2v) is 8.15. The number of rotatable bonds is 7. The van der Waals surface area contributed by atoms with Crippen molar-refractivity contribution in [2.75, 3.05) is 12.4 Å². The second kappa shape index (κ2) is 8.67. The molecular formula is C21H16F2N2OS2. The molecule has 0 unspecified atom stereocenters. The van der Waals surface area contributed by atoms with Crippen LogP contribution in [-0.4, -0.2) is 22.3 Å². The largest absolute Gasteiger partial charge is 0.494 e. The molecule has 7 heteroatoms. The van der Waals surface area contributed by atoms with Gasteiger partial charge in [0.05, 0.1) is 16.8 Å². The number of nitrogens with zero attached hydrogens (tertiary/aromatic N) is 2. The molecule has 0 fully saturated rings. The Morgan fingerprint density at radius 2 is 1.64 bits per heavy atom. The van der Waals surface area contributed by atoms with Gasteiger partial charge in [-0.15, -0.1) is 23.1 Å². The molecule has 142 valence electrons. The van der Waals surface area contributed by atoms with Gasteiger partial charge in [-0.05, 0) is 54.4 Å². The molecule has 4 aromatic rings. The van der Waals surface area contributed by atoms with E-state index in [1.54, 1.807) is 53.7 Å². The molecule has 28 heavy (non-hydrogen) atoms. The molecule has 0 saturated heterocycles. The predicted octanol–water partition coefficient (Wildman–Crippen LogP) is 6.20. The van der Waals surface area contributed by atoms with E-state index >= 15 is 0 Å². The Labute approximate surface area is 169 Å². The Morgan fingerprint density at radius 1 is 0.929 bits per heavy atom. The molecule has 0 amide bonds. The first-order valence-corrected chi connectivity index (χ1v) is 10.5.